The fraction of sp³-hybridized carbons (Fsp3) is 0.500. The maximum atomic E-state index is 12.4. The molecule has 1 heterocycles. The molecule has 1 aromatic carbocycles. The fourth-order valence-electron chi connectivity index (χ4n) is 2.26. The van der Waals surface area contributed by atoms with Crippen LogP contribution in [0, 0.1) is 6.92 Å². The summed E-state index contributed by atoms with van der Waals surface area (Å²) >= 11 is 0. The van der Waals surface area contributed by atoms with Gasteiger partial charge in [-0.25, -0.2) is 0 Å². The topological polar surface area (TPSA) is 32.3 Å². The van der Waals surface area contributed by atoms with Gasteiger partial charge in [0.1, 0.15) is 0 Å². The minimum atomic E-state index is 0.157. The molecule has 1 atom stereocenters. The molecule has 92 valence electrons. The molecular formula is C14H20N2O. The number of nitrogens with one attached hydrogen (secondary N) is 1. The molecule has 3 nitrogen and oxygen atoms in total. The number of hydrogen-bond donors (Lipinski definition) is 1. The van der Waals surface area contributed by atoms with E-state index in [4.69, 9.17) is 0 Å². The predicted molar refractivity (Wildman–Crippen MR) is 69.2 cm³/mol. The third-order valence-electron chi connectivity index (χ3n) is 3.33. The molecular weight excluding hydrogens is 212 g/mol. The lowest BCUT2D eigenvalue weighted by atomic mass is 10.1. The summed E-state index contributed by atoms with van der Waals surface area (Å²) < 4.78 is 0. The molecule has 1 saturated heterocycles. The van der Waals surface area contributed by atoms with Crippen molar-refractivity contribution in [1.82, 2.24) is 10.2 Å². The highest BCUT2D eigenvalue weighted by Gasteiger charge is 2.22. The molecule has 17 heavy (non-hydrogen) atoms. The lowest BCUT2D eigenvalue weighted by Crippen LogP contribution is -2.39. The first-order valence-electron chi connectivity index (χ1n) is 6.27. The van der Waals surface area contributed by atoms with Crippen LogP contribution in [0.1, 0.15) is 29.3 Å². The average molecular weight is 232 g/mol. The lowest BCUT2D eigenvalue weighted by molar-refractivity contribution is 0.0704. The average Bonchev–Trinajstić information content (AvgIpc) is 2.53. The highest BCUT2D eigenvalue weighted by molar-refractivity contribution is 5.94. The minimum absolute atomic E-state index is 0.157. The summed E-state index contributed by atoms with van der Waals surface area (Å²) in [5, 5.41) is 3.33. The molecule has 1 aromatic rings. The van der Waals surface area contributed by atoms with Crippen LogP contribution in [0.25, 0.3) is 0 Å². The van der Waals surface area contributed by atoms with E-state index in [0.29, 0.717) is 6.04 Å². The zero-order chi connectivity index (χ0) is 12.3. The zero-order valence-electron chi connectivity index (χ0n) is 10.6. The van der Waals surface area contributed by atoms with E-state index in [0.717, 1.165) is 37.2 Å². The Balaban J connectivity index is 2.18. The first-order chi connectivity index (χ1) is 8.18. The Bertz CT molecular complexity index is 403. The second-order valence-corrected chi connectivity index (χ2v) is 4.76. The second-order valence-electron chi connectivity index (χ2n) is 4.76. The van der Waals surface area contributed by atoms with Crippen molar-refractivity contribution in [2.24, 2.45) is 0 Å². The van der Waals surface area contributed by atoms with Crippen molar-refractivity contribution >= 4 is 5.91 Å². The van der Waals surface area contributed by atoms with Crippen LogP contribution in [0.5, 0.6) is 0 Å². The maximum Gasteiger partial charge on any atom is 0.254 e. The Hall–Kier alpha value is -1.35. The molecule has 1 unspecified atom stereocenters. The van der Waals surface area contributed by atoms with E-state index >= 15 is 0 Å². The molecule has 1 aliphatic rings. The van der Waals surface area contributed by atoms with Crippen molar-refractivity contribution in [3.63, 3.8) is 0 Å². The Morgan fingerprint density at radius 1 is 1.41 bits per heavy atom. The lowest BCUT2D eigenvalue weighted by Gasteiger charge is -2.27. The molecule has 0 spiro atoms. The van der Waals surface area contributed by atoms with Crippen LogP contribution in [0.2, 0.25) is 0 Å². The highest BCUT2D eigenvalue weighted by Crippen LogP contribution is 2.13. The number of aryl methyl sites for hydroxylation is 1. The summed E-state index contributed by atoms with van der Waals surface area (Å²) in [6.45, 7) is 6.83. The number of amides is 1. The molecule has 0 radical (unpaired) electrons. The largest absolute Gasteiger partial charge is 0.335 e. The summed E-state index contributed by atoms with van der Waals surface area (Å²) in [5.41, 5.74) is 1.94. The van der Waals surface area contributed by atoms with Gasteiger partial charge in [-0.15, -0.1) is 0 Å². The van der Waals surface area contributed by atoms with Gasteiger partial charge in [0, 0.05) is 24.7 Å². The predicted octanol–water partition coefficient (Wildman–Crippen LogP) is 1.82. The van der Waals surface area contributed by atoms with Gasteiger partial charge in [-0.2, -0.15) is 0 Å². The smallest absolute Gasteiger partial charge is 0.254 e. The molecule has 0 aromatic heterocycles. The second kappa shape index (κ2) is 5.32. The van der Waals surface area contributed by atoms with Crippen molar-refractivity contribution in [3.05, 3.63) is 35.4 Å². The van der Waals surface area contributed by atoms with E-state index in [9.17, 15) is 4.79 Å². The van der Waals surface area contributed by atoms with Crippen LogP contribution in [0.3, 0.4) is 0 Å². The van der Waals surface area contributed by atoms with E-state index in [1.807, 2.05) is 36.1 Å². The van der Waals surface area contributed by atoms with Gasteiger partial charge in [-0.05, 0) is 38.9 Å². The molecule has 1 amide bonds. The summed E-state index contributed by atoms with van der Waals surface area (Å²) in [5.74, 6) is 0.157. The Kier molecular flexibility index (Phi) is 3.79. The van der Waals surface area contributed by atoms with E-state index in [1.54, 1.807) is 0 Å². The van der Waals surface area contributed by atoms with E-state index < -0.39 is 0 Å². The van der Waals surface area contributed by atoms with Gasteiger partial charge in [-0.3, -0.25) is 4.79 Å². The van der Waals surface area contributed by atoms with Crippen LogP contribution >= 0.6 is 0 Å². The van der Waals surface area contributed by atoms with Crippen LogP contribution in [0.15, 0.2) is 24.3 Å². The highest BCUT2D eigenvalue weighted by atomic mass is 16.2. The zero-order valence-corrected chi connectivity index (χ0v) is 10.6. The van der Waals surface area contributed by atoms with Crippen molar-refractivity contribution in [2.45, 2.75) is 26.3 Å². The van der Waals surface area contributed by atoms with E-state index in [1.165, 1.54) is 0 Å². The maximum absolute atomic E-state index is 12.4. The number of carbonyl (C=O) groups excluding carboxylic acids is 1. The van der Waals surface area contributed by atoms with E-state index in [-0.39, 0.29) is 5.91 Å². The molecule has 0 bridgehead atoms. The van der Waals surface area contributed by atoms with Crippen molar-refractivity contribution in [3.8, 4) is 0 Å². The van der Waals surface area contributed by atoms with Crippen molar-refractivity contribution in [2.75, 3.05) is 19.6 Å². The fourth-order valence-corrected chi connectivity index (χ4v) is 2.26. The first kappa shape index (κ1) is 12.1. The van der Waals surface area contributed by atoms with Crippen LogP contribution in [-0.4, -0.2) is 36.5 Å². The standard InChI is InChI=1S/C14H20N2O/c1-11-4-3-5-13(10-11)14(17)16-9-8-15-7-6-12(16)2/h3-5,10,12,15H,6-9H2,1-2H3. The molecule has 2 rings (SSSR count). The molecule has 1 fully saturated rings. The van der Waals surface area contributed by atoms with Gasteiger partial charge in [0.2, 0.25) is 0 Å². The normalized spacial score (nSPS) is 21.1. The van der Waals surface area contributed by atoms with Crippen molar-refractivity contribution in [1.29, 1.82) is 0 Å². The molecule has 0 aliphatic carbocycles. The first-order valence-corrected chi connectivity index (χ1v) is 6.27. The summed E-state index contributed by atoms with van der Waals surface area (Å²) in [7, 11) is 0. The number of rotatable bonds is 1. The summed E-state index contributed by atoms with van der Waals surface area (Å²) in [4.78, 5) is 14.4. The third-order valence-corrected chi connectivity index (χ3v) is 3.33. The quantitative estimate of drug-likeness (QED) is 0.801. The van der Waals surface area contributed by atoms with Crippen molar-refractivity contribution < 1.29 is 4.79 Å². The summed E-state index contributed by atoms with van der Waals surface area (Å²) in [6.07, 6.45) is 1.03. The molecule has 1 N–H and O–H groups in total. The van der Waals surface area contributed by atoms with Gasteiger partial charge in [-0.1, -0.05) is 17.7 Å². The van der Waals surface area contributed by atoms with Gasteiger partial charge >= 0.3 is 0 Å². The van der Waals surface area contributed by atoms with E-state index in [2.05, 4.69) is 12.2 Å². The molecule has 1 aliphatic heterocycles. The Morgan fingerprint density at radius 3 is 3.00 bits per heavy atom. The number of hydrogen-bond acceptors (Lipinski definition) is 2. The van der Waals surface area contributed by atoms with Crippen LogP contribution < -0.4 is 5.32 Å². The SMILES string of the molecule is Cc1cccc(C(=O)N2CCNCCC2C)c1. The van der Waals surface area contributed by atoms with Gasteiger partial charge in [0.15, 0.2) is 0 Å². The minimum Gasteiger partial charge on any atom is -0.335 e. The summed E-state index contributed by atoms with van der Waals surface area (Å²) in [6, 6.07) is 8.15. The van der Waals surface area contributed by atoms with Crippen LogP contribution in [0.4, 0.5) is 0 Å². The molecule has 3 heteroatoms. The monoisotopic (exact) mass is 232 g/mol. The van der Waals surface area contributed by atoms with Crippen LogP contribution in [-0.2, 0) is 0 Å². The number of carbonyl (C=O) groups is 1. The number of nitrogens with zero attached hydrogens (tertiary/aromatic N) is 1. The van der Waals surface area contributed by atoms with Gasteiger partial charge in [0.25, 0.3) is 5.91 Å². The third kappa shape index (κ3) is 2.86. The van der Waals surface area contributed by atoms with Gasteiger partial charge < -0.3 is 10.2 Å². The Labute approximate surface area is 103 Å². The Morgan fingerprint density at radius 2 is 2.24 bits per heavy atom. The number of benzene rings is 1. The van der Waals surface area contributed by atoms with Gasteiger partial charge in [0.05, 0.1) is 0 Å². The molecule has 0 saturated carbocycles.